The van der Waals surface area contributed by atoms with Gasteiger partial charge in [0.05, 0.1) is 0 Å². The summed E-state index contributed by atoms with van der Waals surface area (Å²) in [6.45, 7) is 0.543. The highest BCUT2D eigenvalue weighted by atomic mass is 79.9. The van der Waals surface area contributed by atoms with Crippen molar-refractivity contribution in [2.45, 2.75) is 18.3 Å². The van der Waals surface area contributed by atoms with E-state index in [1.54, 1.807) is 0 Å². The fourth-order valence-corrected chi connectivity index (χ4v) is 2.74. The predicted octanol–water partition coefficient (Wildman–Crippen LogP) is 2.01. The van der Waals surface area contributed by atoms with E-state index >= 15 is 0 Å². The number of nitrogens with two attached hydrogens (primary N) is 1. The number of carbonyl (C=O) groups is 1. The summed E-state index contributed by atoms with van der Waals surface area (Å²) in [5.74, 6) is 0.311. The minimum absolute atomic E-state index is 0.100. The fraction of sp³-hybridized carbons (Fsp3) is 0.364. The molecule has 0 unspecified atom stereocenters. The maximum Gasteiger partial charge on any atom is 0.134 e. The summed E-state index contributed by atoms with van der Waals surface area (Å²) in [4.78, 5) is 11.1. The van der Waals surface area contributed by atoms with Crippen molar-refractivity contribution in [1.82, 2.24) is 0 Å². The van der Waals surface area contributed by atoms with Crippen LogP contribution in [0.4, 0.5) is 0 Å². The molecule has 0 saturated heterocycles. The standard InChI is InChI=1S/C11H12BrNO/c12-10-4-2-1-3-9(10)11(7-13)5-8(14)6-11/h1-4H,5-7,13H2. The van der Waals surface area contributed by atoms with Gasteiger partial charge in [0.15, 0.2) is 0 Å². The molecule has 0 heterocycles. The van der Waals surface area contributed by atoms with Crippen LogP contribution < -0.4 is 5.73 Å². The molecule has 1 aromatic rings. The van der Waals surface area contributed by atoms with Crippen LogP contribution in [-0.2, 0) is 10.2 Å². The second kappa shape index (κ2) is 3.48. The molecule has 0 amide bonds. The first-order valence-electron chi connectivity index (χ1n) is 4.65. The second-order valence-corrected chi connectivity index (χ2v) is 4.71. The van der Waals surface area contributed by atoms with E-state index in [0.717, 1.165) is 4.47 Å². The minimum Gasteiger partial charge on any atom is -0.330 e. The van der Waals surface area contributed by atoms with Gasteiger partial charge in [-0.05, 0) is 11.6 Å². The monoisotopic (exact) mass is 253 g/mol. The molecule has 2 N–H and O–H groups in total. The van der Waals surface area contributed by atoms with Gasteiger partial charge >= 0.3 is 0 Å². The average Bonchev–Trinajstić information content (AvgIpc) is 2.14. The molecular weight excluding hydrogens is 242 g/mol. The Hall–Kier alpha value is -0.670. The molecule has 1 aromatic carbocycles. The number of Topliss-reactive ketones (excluding diaryl/α,β-unsaturated/α-hetero) is 1. The third-order valence-corrected chi connectivity index (χ3v) is 3.60. The maximum atomic E-state index is 11.1. The highest BCUT2D eigenvalue weighted by Gasteiger charge is 2.44. The predicted molar refractivity (Wildman–Crippen MR) is 59.1 cm³/mol. The van der Waals surface area contributed by atoms with Crippen LogP contribution in [0.1, 0.15) is 18.4 Å². The van der Waals surface area contributed by atoms with E-state index in [1.165, 1.54) is 5.56 Å². The van der Waals surface area contributed by atoms with Crippen LogP contribution in [0.2, 0.25) is 0 Å². The molecule has 0 atom stereocenters. The number of hydrogen-bond donors (Lipinski definition) is 1. The van der Waals surface area contributed by atoms with Crippen LogP contribution in [-0.4, -0.2) is 12.3 Å². The van der Waals surface area contributed by atoms with Crippen molar-refractivity contribution in [3.8, 4) is 0 Å². The zero-order valence-electron chi connectivity index (χ0n) is 7.79. The lowest BCUT2D eigenvalue weighted by molar-refractivity contribution is -0.128. The van der Waals surface area contributed by atoms with E-state index in [0.29, 0.717) is 25.2 Å². The van der Waals surface area contributed by atoms with Gasteiger partial charge < -0.3 is 5.73 Å². The molecule has 0 aliphatic heterocycles. The molecule has 0 aromatic heterocycles. The van der Waals surface area contributed by atoms with E-state index in [-0.39, 0.29) is 5.41 Å². The molecule has 1 aliphatic carbocycles. The summed E-state index contributed by atoms with van der Waals surface area (Å²) in [7, 11) is 0. The zero-order chi connectivity index (χ0) is 10.2. The number of hydrogen-bond acceptors (Lipinski definition) is 2. The van der Waals surface area contributed by atoms with E-state index in [4.69, 9.17) is 5.73 Å². The first kappa shape index (κ1) is 9.87. The van der Waals surface area contributed by atoms with Crippen molar-refractivity contribution in [1.29, 1.82) is 0 Å². The fourth-order valence-electron chi connectivity index (χ4n) is 2.04. The Bertz CT molecular complexity index is 367. The van der Waals surface area contributed by atoms with E-state index in [2.05, 4.69) is 15.9 Å². The van der Waals surface area contributed by atoms with Crippen LogP contribution in [0.5, 0.6) is 0 Å². The summed E-state index contributed by atoms with van der Waals surface area (Å²) < 4.78 is 1.05. The number of carbonyl (C=O) groups excluding carboxylic acids is 1. The Morgan fingerprint density at radius 2 is 2.00 bits per heavy atom. The number of ketones is 1. The number of rotatable bonds is 2. The molecule has 1 aliphatic rings. The molecule has 2 nitrogen and oxygen atoms in total. The van der Waals surface area contributed by atoms with Gasteiger partial charge in [0.25, 0.3) is 0 Å². The first-order chi connectivity index (χ1) is 6.68. The molecule has 0 bridgehead atoms. The SMILES string of the molecule is NCC1(c2ccccc2Br)CC(=O)C1. The molecule has 0 radical (unpaired) electrons. The van der Waals surface area contributed by atoms with Gasteiger partial charge in [-0.1, -0.05) is 34.1 Å². The van der Waals surface area contributed by atoms with Crippen molar-refractivity contribution in [2.24, 2.45) is 5.73 Å². The maximum absolute atomic E-state index is 11.1. The summed E-state index contributed by atoms with van der Waals surface area (Å²) in [6.07, 6.45) is 1.18. The Kier molecular flexibility index (Phi) is 2.45. The van der Waals surface area contributed by atoms with Gasteiger partial charge in [0.2, 0.25) is 0 Å². The van der Waals surface area contributed by atoms with Gasteiger partial charge in [0.1, 0.15) is 5.78 Å². The molecule has 0 spiro atoms. The topological polar surface area (TPSA) is 43.1 Å². The molecule has 2 rings (SSSR count). The number of halogens is 1. The Morgan fingerprint density at radius 3 is 2.50 bits per heavy atom. The largest absolute Gasteiger partial charge is 0.330 e. The Balaban J connectivity index is 2.38. The molecule has 74 valence electrons. The van der Waals surface area contributed by atoms with Crippen molar-refractivity contribution in [3.63, 3.8) is 0 Å². The summed E-state index contributed by atoms with van der Waals surface area (Å²) >= 11 is 3.50. The lowest BCUT2D eigenvalue weighted by Gasteiger charge is -2.40. The van der Waals surface area contributed by atoms with E-state index in [9.17, 15) is 4.79 Å². The normalized spacial score (nSPS) is 19.1. The van der Waals surface area contributed by atoms with Gasteiger partial charge in [-0.15, -0.1) is 0 Å². The molecule has 3 heteroatoms. The van der Waals surface area contributed by atoms with Gasteiger partial charge in [-0.2, -0.15) is 0 Å². The van der Waals surface area contributed by atoms with Crippen molar-refractivity contribution in [3.05, 3.63) is 34.3 Å². The van der Waals surface area contributed by atoms with Crippen LogP contribution in [0, 0.1) is 0 Å². The lowest BCUT2D eigenvalue weighted by Crippen LogP contribution is -2.47. The van der Waals surface area contributed by atoms with Crippen LogP contribution in [0.15, 0.2) is 28.7 Å². The van der Waals surface area contributed by atoms with E-state index < -0.39 is 0 Å². The summed E-state index contributed by atoms with van der Waals surface area (Å²) in [5, 5.41) is 0. The minimum atomic E-state index is -0.100. The van der Waals surface area contributed by atoms with Crippen LogP contribution in [0.3, 0.4) is 0 Å². The molecule has 1 fully saturated rings. The third-order valence-electron chi connectivity index (χ3n) is 2.91. The van der Waals surface area contributed by atoms with Crippen molar-refractivity contribution in [2.75, 3.05) is 6.54 Å². The molecule has 14 heavy (non-hydrogen) atoms. The Labute approximate surface area is 91.6 Å². The molecule has 1 saturated carbocycles. The smallest absolute Gasteiger partial charge is 0.134 e. The third kappa shape index (κ3) is 1.41. The van der Waals surface area contributed by atoms with Crippen LogP contribution >= 0.6 is 15.9 Å². The van der Waals surface area contributed by atoms with E-state index in [1.807, 2.05) is 24.3 Å². The highest BCUT2D eigenvalue weighted by molar-refractivity contribution is 9.10. The van der Waals surface area contributed by atoms with Gasteiger partial charge in [-0.3, -0.25) is 4.79 Å². The summed E-state index contributed by atoms with van der Waals surface area (Å²) in [5.41, 5.74) is 6.83. The second-order valence-electron chi connectivity index (χ2n) is 3.86. The van der Waals surface area contributed by atoms with Gasteiger partial charge in [0, 0.05) is 29.3 Å². The molecular formula is C11H12BrNO. The first-order valence-corrected chi connectivity index (χ1v) is 5.44. The Morgan fingerprint density at radius 1 is 1.36 bits per heavy atom. The highest BCUT2D eigenvalue weighted by Crippen LogP contribution is 2.43. The quantitative estimate of drug-likeness (QED) is 0.877. The average molecular weight is 254 g/mol. The van der Waals surface area contributed by atoms with Crippen molar-refractivity contribution >= 4 is 21.7 Å². The zero-order valence-corrected chi connectivity index (χ0v) is 9.38. The summed E-state index contributed by atoms with van der Waals surface area (Å²) in [6, 6.07) is 8.00. The lowest BCUT2D eigenvalue weighted by atomic mass is 9.64. The van der Waals surface area contributed by atoms with Gasteiger partial charge in [-0.25, -0.2) is 0 Å². The number of benzene rings is 1. The van der Waals surface area contributed by atoms with Crippen LogP contribution in [0.25, 0.3) is 0 Å². The van der Waals surface area contributed by atoms with Crippen molar-refractivity contribution < 1.29 is 4.79 Å².